The van der Waals surface area contributed by atoms with Gasteiger partial charge in [-0.3, -0.25) is 4.79 Å². The lowest BCUT2D eigenvalue weighted by Crippen LogP contribution is -2.00. The summed E-state index contributed by atoms with van der Waals surface area (Å²) in [5.41, 5.74) is 6.91. The summed E-state index contributed by atoms with van der Waals surface area (Å²) in [5, 5.41) is 7.00. The zero-order valence-corrected chi connectivity index (χ0v) is 12.3. The lowest BCUT2D eigenvalue weighted by atomic mass is 10.1. The molecule has 1 aromatic heterocycles. The molecule has 6 nitrogen and oxygen atoms in total. The highest BCUT2D eigenvalue weighted by atomic mass is 35.5. The van der Waals surface area contributed by atoms with Crippen LogP contribution in [0.1, 0.15) is 17.3 Å². The van der Waals surface area contributed by atoms with E-state index in [-0.39, 0.29) is 18.2 Å². The molecule has 0 saturated carbocycles. The van der Waals surface area contributed by atoms with Gasteiger partial charge in [-0.25, -0.2) is 4.98 Å². The SMILES string of the molecule is CO.COc1ccc(-n2cnc(N)c2)cc1C(C)=O.Cl. The van der Waals surface area contributed by atoms with Gasteiger partial charge in [-0.2, -0.15) is 0 Å². The van der Waals surface area contributed by atoms with Crippen molar-refractivity contribution in [3.8, 4) is 11.4 Å². The molecular formula is C13H18ClN3O3. The van der Waals surface area contributed by atoms with Gasteiger partial charge >= 0.3 is 0 Å². The normalized spacial score (nSPS) is 9.00. The number of methoxy groups -OCH3 is 1. The molecule has 3 N–H and O–H groups in total. The van der Waals surface area contributed by atoms with E-state index in [0.717, 1.165) is 12.8 Å². The first-order valence-corrected chi connectivity index (χ1v) is 5.55. The maximum atomic E-state index is 11.5. The monoisotopic (exact) mass is 299 g/mol. The lowest BCUT2D eigenvalue weighted by Gasteiger charge is -2.08. The Bertz CT molecular complexity index is 570. The summed E-state index contributed by atoms with van der Waals surface area (Å²) in [6, 6.07) is 5.34. The first-order valence-electron chi connectivity index (χ1n) is 5.55. The number of imidazole rings is 1. The zero-order chi connectivity index (χ0) is 14.4. The lowest BCUT2D eigenvalue weighted by molar-refractivity contribution is 0.101. The number of ether oxygens (including phenoxy) is 1. The van der Waals surface area contributed by atoms with Crippen molar-refractivity contribution in [1.82, 2.24) is 9.55 Å². The summed E-state index contributed by atoms with van der Waals surface area (Å²) in [4.78, 5) is 15.4. The minimum Gasteiger partial charge on any atom is -0.496 e. The zero-order valence-electron chi connectivity index (χ0n) is 11.5. The number of rotatable bonds is 3. The third-order valence-corrected chi connectivity index (χ3v) is 2.46. The third kappa shape index (κ3) is 3.97. The van der Waals surface area contributed by atoms with Crippen molar-refractivity contribution in [2.75, 3.05) is 20.0 Å². The second-order valence-corrected chi connectivity index (χ2v) is 3.65. The highest BCUT2D eigenvalue weighted by Crippen LogP contribution is 2.22. The van der Waals surface area contributed by atoms with Gasteiger partial charge in [0, 0.05) is 12.8 Å². The molecule has 0 fully saturated rings. The molecule has 0 aliphatic carbocycles. The first kappa shape index (κ1) is 17.9. The quantitative estimate of drug-likeness (QED) is 0.842. The molecule has 0 atom stereocenters. The average Bonchev–Trinajstić information content (AvgIpc) is 2.87. The molecule has 0 bridgehead atoms. The number of aliphatic hydroxyl groups is 1. The number of aliphatic hydroxyl groups excluding tert-OH is 1. The number of ketones is 1. The van der Waals surface area contributed by atoms with Crippen molar-refractivity contribution in [2.45, 2.75) is 6.92 Å². The summed E-state index contributed by atoms with van der Waals surface area (Å²) in [6.45, 7) is 1.50. The van der Waals surface area contributed by atoms with Crippen LogP contribution in [0.15, 0.2) is 30.7 Å². The number of carbonyl (C=O) groups is 1. The van der Waals surface area contributed by atoms with Crippen LogP contribution in [0.4, 0.5) is 5.82 Å². The van der Waals surface area contributed by atoms with Gasteiger partial charge in [0.25, 0.3) is 0 Å². The predicted molar refractivity (Wildman–Crippen MR) is 79.9 cm³/mol. The van der Waals surface area contributed by atoms with E-state index < -0.39 is 0 Å². The van der Waals surface area contributed by atoms with E-state index in [4.69, 9.17) is 15.6 Å². The molecule has 0 aliphatic rings. The minimum absolute atomic E-state index is 0. The summed E-state index contributed by atoms with van der Waals surface area (Å²) in [6.07, 6.45) is 3.28. The number of hydrogen-bond acceptors (Lipinski definition) is 5. The van der Waals surface area contributed by atoms with E-state index in [1.807, 2.05) is 6.07 Å². The fourth-order valence-electron chi connectivity index (χ4n) is 1.61. The van der Waals surface area contributed by atoms with Gasteiger partial charge in [-0.05, 0) is 25.1 Å². The molecule has 0 amide bonds. The second kappa shape index (κ2) is 8.19. The standard InChI is InChI=1S/C12H13N3O2.CH4O.ClH/c1-8(16)10-5-9(3-4-11(10)17-2)15-6-12(13)14-7-15;1-2;/h3-7H,13H2,1-2H3;2H,1H3;1H. The fourth-order valence-corrected chi connectivity index (χ4v) is 1.61. The van der Waals surface area contributed by atoms with Crippen molar-refractivity contribution in [2.24, 2.45) is 0 Å². The number of benzene rings is 1. The molecular weight excluding hydrogens is 282 g/mol. The Hall–Kier alpha value is -2.05. The van der Waals surface area contributed by atoms with E-state index in [1.54, 1.807) is 29.2 Å². The van der Waals surface area contributed by atoms with E-state index >= 15 is 0 Å². The van der Waals surface area contributed by atoms with Crippen LogP contribution in [-0.4, -0.2) is 34.7 Å². The number of Topliss-reactive ketones (excluding diaryl/α,β-unsaturated/α-hetero) is 1. The molecule has 2 rings (SSSR count). The van der Waals surface area contributed by atoms with Gasteiger partial charge < -0.3 is 20.1 Å². The van der Waals surface area contributed by atoms with Crippen LogP contribution >= 0.6 is 12.4 Å². The molecule has 1 aromatic carbocycles. The van der Waals surface area contributed by atoms with Gasteiger partial charge in [0.05, 0.1) is 18.9 Å². The molecule has 2 aromatic rings. The number of aromatic nitrogens is 2. The molecule has 7 heteroatoms. The molecule has 0 saturated heterocycles. The topological polar surface area (TPSA) is 90.4 Å². The highest BCUT2D eigenvalue weighted by Gasteiger charge is 2.09. The summed E-state index contributed by atoms with van der Waals surface area (Å²) >= 11 is 0. The fraction of sp³-hybridized carbons (Fsp3) is 0.231. The Morgan fingerprint density at radius 2 is 2.05 bits per heavy atom. The maximum Gasteiger partial charge on any atom is 0.163 e. The van der Waals surface area contributed by atoms with E-state index in [0.29, 0.717) is 17.1 Å². The second-order valence-electron chi connectivity index (χ2n) is 3.65. The number of nitrogen functional groups attached to an aromatic ring is 1. The van der Waals surface area contributed by atoms with E-state index in [2.05, 4.69) is 4.98 Å². The Kier molecular flexibility index (Phi) is 7.35. The van der Waals surface area contributed by atoms with Crippen molar-refractivity contribution in [3.63, 3.8) is 0 Å². The van der Waals surface area contributed by atoms with Gasteiger partial charge in [0.1, 0.15) is 17.9 Å². The van der Waals surface area contributed by atoms with Gasteiger partial charge in [-0.15, -0.1) is 12.4 Å². The summed E-state index contributed by atoms with van der Waals surface area (Å²) < 4.78 is 6.88. The van der Waals surface area contributed by atoms with Crippen LogP contribution in [0.2, 0.25) is 0 Å². The van der Waals surface area contributed by atoms with Crippen LogP contribution in [0.3, 0.4) is 0 Å². The molecule has 110 valence electrons. The van der Waals surface area contributed by atoms with Gasteiger partial charge in [0.2, 0.25) is 0 Å². The Labute approximate surface area is 123 Å². The van der Waals surface area contributed by atoms with Crippen molar-refractivity contribution >= 4 is 24.0 Å². The number of halogens is 1. The molecule has 20 heavy (non-hydrogen) atoms. The minimum atomic E-state index is -0.0446. The third-order valence-electron chi connectivity index (χ3n) is 2.46. The molecule has 0 aliphatic heterocycles. The van der Waals surface area contributed by atoms with Crippen molar-refractivity contribution in [1.29, 1.82) is 0 Å². The smallest absolute Gasteiger partial charge is 0.163 e. The Balaban J connectivity index is 0.00000115. The predicted octanol–water partition coefficient (Wildman–Crippen LogP) is 1.70. The maximum absolute atomic E-state index is 11.5. The number of anilines is 1. The van der Waals surface area contributed by atoms with Gasteiger partial charge in [0.15, 0.2) is 5.78 Å². The summed E-state index contributed by atoms with van der Waals surface area (Å²) in [7, 11) is 2.54. The highest BCUT2D eigenvalue weighted by molar-refractivity contribution is 5.97. The molecule has 1 heterocycles. The molecule has 0 radical (unpaired) electrons. The molecule has 0 unspecified atom stereocenters. The molecule has 0 spiro atoms. The van der Waals surface area contributed by atoms with E-state index in [1.165, 1.54) is 14.0 Å². The number of nitrogens with two attached hydrogens (primary N) is 1. The Morgan fingerprint density at radius 3 is 2.50 bits per heavy atom. The average molecular weight is 300 g/mol. The van der Waals surface area contributed by atoms with Crippen molar-refractivity contribution < 1.29 is 14.6 Å². The van der Waals surface area contributed by atoms with Crippen LogP contribution in [0.5, 0.6) is 5.75 Å². The first-order chi connectivity index (χ1) is 9.11. The van der Waals surface area contributed by atoms with Gasteiger partial charge in [-0.1, -0.05) is 0 Å². The number of nitrogens with zero attached hydrogens (tertiary/aromatic N) is 2. The largest absolute Gasteiger partial charge is 0.496 e. The summed E-state index contributed by atoms with van der Waals surface area (Å²) in [5.74, 6) is 0.955. The number of hydrogen-bond donors (Lipinski definition) is 2. The van der Waals surface area contributed by atoms with Crippen LogP contribution in [0.25, 0.3) is 5.69 Å². The van der Waals surface area contributed by atoms with E-state index in [9.17, 15) is 4.79 Å². The Morgan fingerprint density at radius 1 is 1.40 bits per heavy atom. The van der Waals surface area contributed by atoms with Crippen LogP contribution in [0, 0.1) is 0 Å². The van der Waals surface area contributed by atoms with Crippen LogP contribution < -0.4 is 10.5 Å². The van der Waals surface area contributed by atoms with Crippen molar-refractivity contribution in [3.05, 3.63) is 36.3 Å². The van der Waals surface area contributed by atoms with Crippen LogP contribution in [-0.2, 0) is 0 Å². The number of carbonyl (C=O) groups excluding carboxylic acids is 1.